The highest BCUT2D eigenvalue weighted by atomic mass is 31.2. The summed E-state index contributed by atoms with van der Waals surface area (Å²) in [6.07, 6.45) is 3.83. The molecule has 7 rings (SSSR count). The molecule has 3 aliphatic rings. The molecule has 0 aliphatic carbocycles. The zero-order chi connectivity index (χ0) is 32.0. The largest absolute Gasteiger partial charge is 0.494 e. The summed E-state index contributed by atoms with van der Waals surface area (Å²) in [6.45, 7) is 9.58. The molecule has 2 atom stereocenters. The summed E-state index contributed by atoms with van der Waals surface area (Å²) in [5.41, 5.74) is 3.26. The van der Waals surface area contributed by atoms with Gasteiger partial charge in [0.05, 0.1) is 41.2 Å². The summed E-state index contributed by atoms with van der Waals surface area (Å²) in [5, 5.41) is 17.7. The molecule has 2 aromatic carbocycles. The number of piperazine rings is 1. The molecule has 0 bridgehead atoms. The number of hydrogen-bond acceptors (Lipinski definition) is 11. The quantitative estimate of drug-likeness (QED) is 0.245. The number of nitrogens with one attached hydrogen (secondary N) is 3. The van der Waals surface area contributed by atoms with E-state index in [9.17, 15) is 9.83 Å². The number of anilines is 5. The molecule has 2 aromatic heterocycles. The number of H-pyrrole nitrogens is 1. The second kappa shape index (κ2) is 12.1. The van der Waals surface area contributed by atoms with E-state index in [1.165, 1.54) is 0 Å². The SMILES string of the molecule is COc1cc2c(cc1Nc1nc(Nc3ccccc3P(C)(C)=O)c3c(C#N)c[nH]c3n1)OC[C@@H]1C[C@@H](N3CCN(C)CC3)CCN21. The second-order valence-corrected chi connectivity index (χ2v) is 15.9. The molecule has 0 radical (unpaired) electrons. The van der Waals surface area contributed by atoms with Crippen LogP contribution in [0.5, 0.6) is 11.5 Å². The van der Waals surface area contributed by atoms with Crippen molar-refractivity contribution < 1.29 is 14.0 Å². The molecule has 2 saturated heterocycles. The number of likely N-dealkylation sites (N-methyl/N-ethyl adjacent to an activating group) is 1. The highest BCUT2D eigenvalue weighted by molar-refractivity contribution is 7.70. The zero-order valence-corrected chi connectivity index (χ0v) is 27.6. The summed E-state index contributed by atoms with van der Waals surface area (Å²) < 4.78 is 25.3. The first-order valence-electron chi connectivity index (χ1n) is 15.7. The van der Waals surface area contributed by atoms with Gasteiger partial charge in [0, 0.05) is 62.4 Å². The standard InChI is InChI=1S/C33H40N9O3P/c1-40-11-13-41(14-12-40)22-9-10-42-23(15-22)20-45-28-16-25(27(44-2)17-26(28)42)37-33-38-31-30(21(18-34)19-35-31)32(39-33)36-24-7-5-6-8-29(24)46(3,4)43/h5-8,16-17,19,22-23H,9-15,20H2,1-4H3,(H3,35,36,37,38,39)/t22-,23-/m0/s1. The van der Waals surface area contributed by atoms with Crippen LogP contribution in [0.15, 0.2) is 42.6 Å². The minimum Gasteiger partial charge on any atom is -0.494 e. The molecule has 3 N–H and O–H groups in total. The van der Waals surface area contributed by atoms with Gasteiger partial charge in [-0.15, -0.1) is 0 Å². The number of rotatable bonds is 7. The van der Waals surface area contributed by atoms with E-state index < -0.39 is 7.14 Å². The fourth-order valence-electron chi connectivity index (χ4n) is 6.93. The van der Waals surface area contributed by atoms with Crippen LogP contribution in [0.4, 0.5) is 28.8 Å². The first-order chi connectivity index (χ1) is 22.2. The van der Waals surface area contributed by atoms with E-state index in [2.05, 4.69) is 48.4 Å². The lowest BCUT2D eigenvalue weighted by Gasteiger charge is -2.48. The van der Waals surface area contributed by atoms with Gasteiger partial charge in [-0.1, -0.05) is 12.1 Å². The summed E-state index contributed by atoms with van der Waals surface area (Å²) in [6, 6.07) is 14.6. The van der Waals surface area contributed by atoms with Crippen LogP contribution in [0.1, 0.15) is 18.4 Å². The maximum atomic E-state index is 13.1. The number of ether oxygens (including phenoxy) is 2. The molecule has 0 spiro atoms. The van der Waals surface area contributed by atoms with E-state index >= 15 is 0 Å². The third kappa shape index (κ3) is 5.75. The van der Waals surface area contributed by atoms with Gasteiger partial charge in [-0.2, -0.15) is 15.2 Å². The third-order valence-corrected chi connectivity index (χ3v) is 11.0. The Hall–Kier alpha value is -4.30. The molecule has 0 saturated carbocycles. The van der Waals surface area contributed by atoms with Gasteiger partial charge in [-0.05, 0) is 45.4 Å². The number of methoxy groups -OCH3 is 1. The van der Waals surface area contributed by atoms with Crippen molar-refractivity contribution in [1.29, 1.82) is 5.26 Å². The number of aromatic nitrogens is 3. The molecule has 3 aliphatic heterocycles. The Bertz CT molecular complexity index is 1860. The molecule has 5 heterocycles. The lowest BCUT2D eigenvalue weighted by molar-refractivity contribution is 0.0822. The number of fused-ring (bicyclic) bond motifs is 4. The van der Waals surface area contributed by atoms with Crippen molar-refractivity contribution in [1.82, 2.24) is 24.8 Å². The zero-order valence-electron chi connectivity index (χ0n) is 26.7. The first-order valence-corrected chi connectivity index (χ1v) is 18.3. The van der Waals surface area contributed by atoms with Crippen LogP contribution < -0.4 is 30.3 Å². The predicted octanol–water partition coefficient (Wildman–Crippen LogP) is 4.55. The number of nitrogens with zero attached hydrogens (tertiary/aromatic N) is 6. The van der Waals surface area contributed by atoms with Crippen LogP contribution >= 0.6 is 7.14 Å². The monoisotopic (exact) mass is 641 g/mol. The van der Waals surface area contributed by atoms with Crippen molar-refractivity contribution in [2.45, 2.75) is 24.9 Å². The van der Waals surface area contributed by atoms with Gasteiger partial charge in [0.15, 0.2) is 0 Å². The van der Waals surface area contributed by atoms with Gasteiger partial charge < -0.3 is 39.5 Å². The van der Waals surface area contributed by atoms with Crippen LogP contribution in [-0.4, -0.2) is 104 Å². The van der Waals surface area contributed by atoms with Gasteiger partial charge in [0.25, 0.3) is 0 Å². The second-order valence-electron chi connectivity index (χ2n) is 12.7. The van der Waals surface area contributed by atoms with Crippen LogP contribution in [0.2, 0.25) is 0 Å². The average molecular weight is 642 g/mol. The van der Waals surface area contributed by atoms with E-state index in [1.807, 2.05) is 36.4 Å². The Balaban J connectivity index is 1.17. The molecule has 240 valence electrons. The van der Waals surface area contributed by atoms with E-state index in [0.717, 1.165) is 57.0 Å². The molecule has 12 nitrogen and oxygen atoms in total. The van der Waals surface area contributed by atoms with Crippen molar-refractivity contribution >= 4 is 52.3 Å². The molecule has 46 heavy (non-hydrogen) atoms. The Kier molecular flexibility index (Phi) is 8.01. The van der Waals surface area contributed by atoms with Crippen molar-refractivity contribution in [3.05, 3.63) is 48.2 Å². The maximum absolute atomic E-state index is 13.1. The number of benzene rings is 2. The molecule has 4 aromatic rings. The minimum atomic E-state index is -2.60. The number of nitriles is 1. The van der Waals surface area contributed by atoms with Gasteiger partial charge >= 0.3 is 0 Å². The van der Waals surface area contributed by atoms with Crippen LogP contribution in [-0.2, 0) is 4.57 Å². The fourth-order valence-corrected chi connectivity index (χ4v) is 8.09. The van der Waals surface area contributed by atoms with Crippen molar-refractivity contribution in [2.24, 2.45) is 0 Å². The van der Waals surface area contributed by atoms with E-state index in [4.69, 9.17) is 14.5 Å². The van der Waals surface area contributed by atoms with Crippen molar-refractivity contribution in [2.75, 3.05) is 82.4 Å². The fraction of sp³-hybridized carbons (Fsp3) is 0.424. The molecule has 0 unspecified atom stereocenters. The summed E-state index contributed by atoms with van der Waals surface area (Å²) in [7, 11) is 1.25. The Morgan fingerprint density at radius 1 is 1.07 bits per heavy atom. The highest BCUT2D eigenvalue weighted by Crippen LogP contribution is 2.45. The number of piperidine rings is 1. The normalized spacial score (nSPS) is 20.4. The van der Waals surface area contributed by atoms with Crippen LogP contribution in [0.25, 0.3) is 11.0 Å². The Morgan fingerprint density at radius 3 is 2.63 bits per heavy atom. The van der Waals surface area contributed by atoms with Crippen molar-refractivity contribution in [3.8, 4) is 17.6 Å². The molecular weight excluding hydrogens is 601 g/mol. The van der Waals surface area contributed by atoms with E-state index in [1.54, 1.807) is 26.6 Å². The van der Waals surface area contributed by atoms with E-state index in [-0.39, 0.29) is 0 Å². The van der Waals surface area contributed by atoms with Gasteiger partial charge in [-0.25, -0.2) is 0 Å². The predicted molar refractivity (Wildman–Crippen MR) is 182 cm³/mol. The van der Waals surface area contributed by atoms with Crippen LogP contribution in [0.3, 0.4) is 0 Å². The minimum absolute atomic E-state index is 0.301. The number of para-hydroxylation sites is 1. The number of aromatic amines is 1. The molecule has 2 fully saturated rings. The lowest BCUT2D eigenvalue weighted by atomic mass is 9.93. The highest BCUT2D eigenvalue weighted by Gasteiger charge is 2.37. The topological polar surface area (TPSA) is 135 Å². The molecular formula is C33H40N9O3P. The third-order valence-electron chi connectivity index (χ3n) is 9.40. The van der Waals surface area contributed by atoms with Crippen LogP contribution in [0, 0.1) is 11.3 Å². The Morgan fingerprint density at radius 2 is 1.87 bits per heavy atom. The maximum Gasteiger partial charge on any atom is 0.231 e. The smallest absolute Gasteiger partial charge is 0.231 e. The summed E-state index contributed by atoms with van der Waals surface area (Å²) in [5.74, 6) is 2.16. The summed E-state index contributed by atoms with van der Waals surface area (Å²) in [4.78, 5) is 20.1. The van der Waals surface area contributed by atoms with Crippen molar-refractivity contribution in [3.63, 3.8) is 0 Å². The lowest BCUT2D eigenvalue weighted by Crippen LogP contribution is -2.57. The van der Waals surface area contributed by atoms with Gasteiger partial charge in [0.1, 0.15) is 42.8 Å². The molecule has 0 amide bonds. The van der Waals surface area contributed by atoms with Gasteiger partial charge in [-0.3, -0.25) is 4.90 Å². The van der Waals surface area contributed by atoms with E-state index in [0.29, 0.717) is 69.5 Å². The Labute approximate surface area is 269 Å². The number of hydrogen-bond donors (Lipinski definition) is 3. The molecule has 13 heteroatoms. The van der Waals surface area contributed by atoms with Gasteiger partial charge in [0.2, 0.25) is 5.95 Å². The average Bonchev–Trinajstić information content (AvgIpc) is 3.47. The first kappa shape index (κ1) is 30.4. The summed E-state index contributed by atoms with van der Waals surface area (Å²) >= 11 is 0.